The lowest BCUT2D eigenvalue weighted by Gasteiger charge is -2.28. The summed E-state index contributed by atoms with van der Waals surface area (Å²) >= 11 is 0. The minimum Gasteiger partial charge on any atom is -0.439 e. The second-order valence-electron chi connectivity index (χ2n) is 6.40. The molecule has 3 N–H and O–H groups in total. The number of anilines is 1. The Hall–Kier alpha value is -2.40. The third-order valence-electron chi connectivity index (χ3n) is 4.78. The molecule has 0 atom stereocenters. The first-order valence-electron chi connectivity index (χ1n) is 8.66. The topological polar surface area (TPSA) is 77.2 Å². The summed E-state index contributed by atoms with van der Waals surface area (Å²) in [6.45, 7) is 8.25. The number of hydrogen-bond donors (Lipinski definition) is 2. The van der Waals surface area contributed by atoms with Crippen molar-refractivity contribution in [3.8, 4) is 11.6 Å². The molecule has 0 fully saturated rings. The van der Waals surface area contributed by atoms with E-state index >= 15 is 0 Å². The summed E-state index contributed by atoms with van der Waals surface area (Å²) in [6, 6.07) is 9.40. The Morgan fingerprint density at radius 3 is 2.52 bits per heavy atom. The molecule has 2 rings (SSSR count). The van der Waals surface area contributed by atoms with Crippen LogP contribution in [0.4, 0.5) is 5.69 Å². The molecule has 0 aliphatic heterocycles. The lowest BCUT2D eigenvalue weighted by Crippen LogP contribution is -2.41. The van der Waals surface area contributed by atoms with Crippen LogP contribution in [0.1, 0.15) is 37.8 Å². The quantitative estimate of drug-likeness (QED) is 0.791. The average molecular weight is 341 g/mol. The first-order chi connectivity index (χ1) is 11.9. The van der Waals surface area contributed by atoms with Crippen LogP contribution in [0.15, 0.2) is 36.5 Å². The Balaban J connectivity index is 2.22. The minimum atomic E-state index is -0.538. The van der Waals surface area contributed by atoms with E-state index in [0.29, 0.717) is 36.7 Å². The Kier molecular flexibility index (Phi) is 6.15. The molecule has 1 aromatic heterocycles. The summed E-state index contributed by atoms with van der Waals surface area (Å²) in [5, 5.41) is 2.98. The van der Waals surface area contributed by atoms with E-state index in [2.05, 4.69) is 10.3 Å². The van der Waals surface area contributed by atoms with E-state index in [0.717, 1.165) is 11.1 Å². The maximum absolute atomic E-state index is 12.7. The lowest BCUT2D eigenvalue weighted by molar-refractivity contribution is -0.125. The zero-order chi connectivity index (χ0) is 18.4. The monoisotopic (exact) mass is 341 g/mol. The average Bonchev–Trinajstić information content (AvgIpc) is 2.60. The van der Waals surface area contributed by atoms with Crippen LogP contribution in [0.25, 0.3) is 0 Å². The first-order valence-corrected chi connectivity index (χ1v) is 8.66. The minimum absolute atomic E-state index is 0.0523. The highest BCUT2D eigenvalue weighted by molar-refractivity contribution is 5.95. The number of rotatable bonds is 7. The Morgan fingerprint density at radius 1 is 1.20 bits per heavy atom. The number of aromatic nitrogens is 1. The molecular weight excluding hydrogens is 314 g/mol. The van der Waals surface area contributed by atoms with Crippen molar-refractivity contribution in [3.05, 3.63) is 47.7 Å². The van der Waals surface area contributed by atoms with Crippen LogP contribution in [0.3, 0.4) is 0 Å². The molecule has 0 radical (unpaired) electrons. The number of pyridine rings is 1. The second kappa shape index (κ2) is 8.12. The van der Waals surface area contributed by atoms with Crippen LogP contribution in [0.2, 0.25) is 0 Å². The summed E-state index contributed by atoms with van der Waals surface area (Å²) in [5.74, 6) is 1.15. The van der Waals surface area contributed by atoms with Crippen LogP contribution in [-0.2, 0) is 4.79 Å². The molecule has 1 amide bonds. The van der Waals surface area contributed by atoms with Gasteiger partial charge in [-0.2, -0.15) is 0 Å². The number of amides is 1. The van der Waals surface area contributed by atoms with Gasteiger partial charge in [0.05, 0.1) is 5.41 Å². The maximum Gasteiger partial charge on any atom is 0.231 e. The molecule has 25 heavy (non-hydrogen) atoms. The standard InChI is InChI=1S/C20H27N3O2/c1-5-20(6-2,13-21)19(24)23-16-8-7-15(4)17(12-16)25-18-11-14(3)9-10-22-18/h7-12H,5-6,13,21H2,1-4H3,(H,23,24). The maximum atomic E-state index is 12.7. The highest BCUT2D eigenvalue weighted by Crippen LogP contribution is 2.30. The summed E-state index contributed by atoms with van der Waals surface area (Å²) in [5.41, 5.74) is 8.06. The van der Waals surface area contributed by atoms with Gasteiger partial charge in [0.2, 0.25) is 11.8 Å². The van der Waals surface area contributed by atoms with Crippen molar-refractivity contribution in [3.63, 3.8) is 0 Å². The van der Waals surface area contributed by atoms with Gasteiger partial charge in [-0.05, 0) is 49.9 Å². The Bertz CT molecular complexity index is 731. The highest BCUT2D eigenvalue weighted by Gasteiger charge is 2.33. The highest BCUT2D eigenvalue weighted by atomic mass is 16.5. The van der Waals surface area contributed by atoms with Crippen molar-refractivity contribution >= 4 is 11.6 Å². The molecule has 5 heteroatoms. The zero-order valence-corrected chi connectivity index (χ0v) is 15.4. The van der Waals surface area contributed by atoms with Gasteiger partial charge in [0, 0.05) is 30.6 Å². The fraction of sp³-hybridized carbons (Fsp3) is 0.400. The van der Waals surface area contributed by atoms with Gasteiger partial charge in [-0.25, -0.2) is 4.98 Å². The van der Waals surface area contributed by atoms with E-state index in [1.165, 1.54) is 0 Å². The number of nitrogens with zero attached hydrogens (tertiary/aromatic N) is 1. The van der Waals surface area contributed by atoms with Crippen molar-refractivity contribution in [2.75, 3.05) is 11.9 Å². The van der Waals surface area contributed by atoms with Gasteiger partial charge < -0.3 is 15.8 Å². The smallest absolute Gasteiger partial charge is 0.231 e. The summed E-state index contributed by atoms with van der Waals surface area (Å²) in [7, 11) is 0. The number of nitrogens with one attached hydrogen (secondary N) is 1. The van der Waals surface area contributed by atoms with E-state index in [4.69, 9.17) is 10.5 Å². The van der Waals surface area contributed by atoms with Gasteiger partial charge in [-0.1, -0.05) is 19.9 Å². The number of hydrogen-bond acceptors (Lipinski definition) is 4. The van der Waals surface area contributed by atoms with E-state index in [9.17, 15) is 4.79 Å². The van der Waals surface area contributed by atoms with E-state index < -0.39 is 5.41 Å². The molecule has 0 aliphatic carbocycles. The predicted molar refractivity (Wildman–Crippen MR) is 101 cm³/mol. The summed E-state index contributed by atoms with van der Waals surface area (Å²) < 4.78 is 5.89. The third-order valence-corrected chi connectivity index (χ3v) is 4.78. The van der Waals surface area contributed by atoms with Crippen molar-refractivity contribution in [2.24, 2.45) is 11.1 Å². The molecule has 0 bridgehead atoms. The Labute approximate surface area is 149 Å². The van der Waals surface area contributed by atoms with Crippen molar-refractivity contribution in [2.45, 2.75) is 40.5 Å². The molecule has 1 aromatic carbocycles. The van der Waals surface area contributed by atoms with Crippen molar-refractivity contribution in [1.29, 1.82) is 0 Å². The second-order valence-corrected chi connectivity index (χ2v) is 6.40. The van der Waals surface area contributed by atoms with Gasteiger partial charge in [-0.15, -0.1) is 0 Å². The molecule has 0 saturated heterocycles. The van der Waals surface area contributed by atoms with Crippen molar-refractivity contribution < 1.29 is 9.53 Å². The molecule has 0 saturated carbocycles. The molecule has 0 aliphatic rings. The van der Waals surface area contributed by atoms with Crippen molar-refractivity contribution in [1.82, 2.24) is 4.98 Å². The van der Waals surface area contributed by atoms with E-state index in [1.54, 1.807) is 6.20 Å². The molecule has 1 heterocycles. The number of nitrogens with two attached hydrogens (primary N) is 1. The molecule has 0 spiro atoms. The number of aryl methyl sites for hydroxylation is 2. The van der Waals surface area contributed by atoms with Gasteiger partial charge in [0.1, 0.15) is 5.75 Å². The molecular formula is C20H27N3O2. The van der Waals surface area contributed by atoms with Crippen LogP contribution in [0, 0.1) is 19.3 Å². The van der Waals surface area contributed by atoms with Gasteiger partial charge in [0.25, 0.3) is 0 Å². The zero-order valence-electron chi connectivity index (χ0n) is 15.4. The molecule has 0 unspecified atom stereocenters. The molecule has 5 nitrogen and oxygen atoms in total. The van der Waals surface area contributed by atoms with Gasteiger partial charge in [-0.3, -0.25) is 4.79 Å². The van der Waals surface area contributed by atoms with Gasteiger partial charge >= 0.3 is 0 Å². The summed E-state index contributed by atoms with van der Waals surface area (Å²) in [4.78, 5) is 16.9. The fourth-order valence-corrected chi connectivity index (χ4v) is 2.68. The van der Waals surface area contributed by atoms with Crippen LogP contribution in [-0.4, -0.2) is 17.4 Å². The van der Waals surface area contributed by atoms with Gasteiger partial charge in [0.15, 0.2) is 0 Å². The Morgan fingerprint density at radius 2 is 1.92 bits per heavy atom. The lowest BCUT2D eigenvalue weighted by atomic mass is 9.81. The van der Waals surface area contributed by atoms with Crippen LogP contribution in [0.5, 0.6) is 11.6 Å². The summed E-state index contributed by atoms with van der Waals surface area (Å²) in [6.07, 6.45) is 3.12. The van der Waals surface area contributed by atoms with Crippen LogP contribution < -0.4 is 15.8 Å². The third kappa shape index (κ3) is 4.37. The normalized spacial score (nSPS) is 11.2. The first kappa shape index (κ1) is 18.9. The van der Waals surface area contributed by atoms with E-state index in [1.807, 2.05) is 58.0 Å². The number of carbonyl (C=O) groups is 1. The number of benzene rings is 1. The van der Waals surface area contributed by atoms with E-state index in [-0.39, 0.29) is 5.91 Å². The van der Waals surface area contributed by atoms with Crippen LogP contribution >= 0.6 is 0 Å². The molecule has 2 aromatic rings. The molecule has 134 valence electrons. The number of carbonyl (C=O) groups excluding carboxylic acids is 1. The SMILES string of the molecule is CCC(CC)(CN)C(=O)Nc1ccc(C)c(Oc2cc(C)ccn2)c1. The number of ether oxygens (including phenoxy) is 1. The predicted octanol–water partition coefficient (Wildman–Crippen LogP) is 4.19. The largest absolute Gasteiger partial charge is 0.439 e. The fourth-order valence-electron chi connectivity index (χ4n) is 2.68.